The second-order valence-electron chi connectivity index (χ2n) is 9.33. The average molecular weight is 509 g/mol. The molecule has 188 valence electrons. The first-order valence-corrected chi connectivity index (χ1v) is 12.6. The highest BCUT2D eigenvalue weighted by Crippen LogP contribution is 2.42. The number of aromatic nitrogens is 2. The summed E-state index contributed by atoms with van der Waals surface area (Å²) in [5.41, 5.74) is 4.78. The molecule has 0 atom stereocenters. The molecule has 5 aromatic rings. The number of hydrogen-bond acceptors (Lipinski definition) is 1. The number of hydrogen-bond donors (Lipinski definition) is 0. The van der Waals surface area contributed by atoms with E-state index in [-0.39, 0.29) is 17.8 Å². The summed E-state index contributed by atoms with van der Waals surface area (Å²) in [5, 5.41) is 0. The molecule has 4 aromatic carbocycles. The molecule has 0 aliphatic heterocycles. The normalized spacial score (nSPS) is 11.1. The number of rotatable bonds is 9. The van der Waals surface area contributed by atoms with Crippen LogP contribution in [0, 0.1) is 6.92 Å². The molecule has 0 fully saturated rings. The van der Waals surface area contributed by atoms with Crippen LogP contribution < -0.4 is 21.7 Å². The number of imidazole rings is 1. The molecular formula is C33H33ClN2O. The second kappa shape index (κ2) is 11.9. The van der Waals surface area contributed by atoms with E-state index in [1.165, 1.54) is 28.1 Å². The molecule has 1 heterocycles. The first-order valence-electron chi connectivity index (χ1n) is 12.6. The lowest BCUT2D eigenvalue weighted by Crippen LogP contribution is -3.00. The fraction of sp³-hybridized carbons (Fsp3) is 0.182. The van der Waals surface area contributed by atoms with Gasteiger partial charge in [0.1, 0.15) is 24.7 Å². The highest BCUT2D eigenvalue weighted by molar-refractivity contribution is 5.50. The van der Waals surface area contributed by atoms with E-state index in [2.05, 4.69) is 151 Å². The second-order valence-corrected chi connectivity index (χ2v) is 9.33. The van der Waals surface area contributed by atoms with Crippen molar-refractivity contribution in [3.63, 3.8) is 0 Å². The molecule has 0 spiro atoms. The van der Waals surface area contributed by atoms with E-state index in [1.807, 2.05) is 0 Å². The SMILES string of the molecule is Cc1n(C)cc[n+]1Cc1ccc(OCCC(c2ccccc2)(c2ccccc2)c2ccccc2)cc1.[Cl-]. The van der Waals surface area contributed by atoms with E-state index in [1.54, 1.807) is 0 Å². The lowest BCUT2D eigenvalue weighted by molar-refractivity contribution is -0.693. The molecule has 0 saturated carbocycles. The fourth-order valence-electron chi connectivity index (χ4n) is 5.08. The summed E-state index contributed by atoms with van der Waals surface area (Å²) in [6.45, 7) is 3.59. The van der Waals surface area contributed by atoms with Crippen molar-refractivity contribution < 1.29 is 21.7 Å². The van der Waals surface area contributed by atoms with Crippen LogP contribution in [-0.4, -0.2) is 11.2 Å². The van der Waals surface area contributed by atoms with Crippen molar-refractivity contribution in [1.82, 2.24) is 4.57 Å². The van der Waals surface area contributed by atoms with Gasteiger partial charge in [0.2, 0.25) is 0 Å². The Morgan fingerprint density at radius 3 is 1.62 bits per heavy atom. The van der Waals surface area contributed by atoms with Gasteiger partial charge in [0.05, 0.1) is 13.7 Å². The maximum Gasteiger partial charge on any atom is 0.253 e. The molecule has 0 amide bonds. The Bertz CT molecular complexity index is 1280. The molecule has 0 aliphatic rings. The van der Waals surface area contributed by atoms with Gasteiger partial charge in [-0.25, -0.2) is 9.13 Å². The summed E-state index contributed by atoms with van der Waals surface area (Å²) >= 11 is 0. The third kappa shape index (κ3) is 5.63. The molecule has 3 nitrogen and oxygen atoms in total. The van der Waals surface area contributed by atoms with Gasteiger partial charge >= 0.3 is 0 Å². The van der Waals surface area contributed by atoms with Gasteiger partial charge in [-0.2, -0.15) is 0 Å². The van der Waals surface area contributed by atoms with E-state index >= 15 is 0 Å². The third-order valence-corrected chi connectivity index (χ3v) is 7.22. The van der Waals surface area contributed by atoms with Crippen molar-refractivity contribution in [3.8, 4) is 5.75 Å². The van der Waals surface area contributed by atoms with Crippen molar-refractivity contribution in [2.45, 2.75) is 25.3 Å². The van der Waals surface area contributed by atoms with Crippen LogP contribution in [0.1, 0.15) is 34.5 Å². The Morgan fingerprint density at radius 1 is 0.703 bits per heavy atom. The number of nitrogens with zero attached hydrogens (tertiary/aromatic N) is 2. The van der Waals surface area contributed by atoms with Crippen LogP contribution in [0.2, 0.25) is 0 Å². The smallest absolute Gasteiger partial charge is 0.253 e. The Morgan fingerprint density at radius 2 is 1.19 bits per heavy atom. The average Bonchev–Trinajstić information content (AvgIpc) is 3.26. The Balaban J connectivity index is 0.00000320. The molecular weight excluding hydrogens is 476 g/mol. The van der Waals surface area contributed by atoms with Gasteiger partial charge < -0.3 is 17.1 Å². The van der Waals surface area contributed by atoms with E-state index < -0.39 is 0 Å². The monoisotopic (exact) mass is 508 g/mol. The largest absolute Gasteiger partial charge is 1.00 e. The summed E-state index contributed by atoms with van der Waals surface area (Å²) in [6, 6.07) is 40.9. The first kappa shape index (κ1) is 26.2. The number of aryl methyl sites for hydroxylation is 1. The molecule has 0 bridgehead atoms. The lowest BCUT2D eigenvalue weighted by Gasteiger charge is -2.36. The zero-order valence-electron chi connectivity index (χ0n) is 21.4. The zero-order valence-corrected chi connectivity index (χ0v) is 22.2. The van der Waals surface area contributed by atoms with Crippen molar-refractivity contribution in [2.24, 2.45) is 7.05 Å². The summed E-state index contributed by atoms with van der Waals surface area (Å²) in [5.74, 6) is 2.13. The highest BCUT2D eigenvalue weighted by atomic mass is 35.5. The standard InChI is InChI=1S/C33H33N2O.ClH/c1-27-34(2)23-24-35(27)26-28-18-20-32(21-19-28)36-25-22-33(29-12-6-3-7-13-29,30-14-8-4-9-15-30)31-16-10-5-11-17-31;/h3-21,23-24H,22,25-26H2,1-2H3;1H/q+1;/p-1. The maximum absolute atomic E-state index is 6.35. The number of benzene rings is 4. The third-order valence-electron chi connectivity index (χ3n) is 7.22. The summed E-state index contributed by atoms with van der Waals surface area (Å²) in [6.07, 6.45) is 5.03. The van der Waals surface area contributed by atoms with Crippen molar-refractivity contribution >= 4 is 0 Å². The highest BCUT2D eigenvalue weighted by Gasteiger charge is 2.36. The van der Waals surface area contributed by atoms with Crippen LogP contribution in [0.3, 0.4) is 0 Å². The van der Waals surface area contributed by atoms with Gasteiger partial charge in [-0.05, 0) is 40.8 Å². The number of halogens is 1. The summed E-state index contributed by atoms with van der Waals surface area (Å²) in [4.78, 5) is 0. The van der Waals surface area contributed by atoms with Crippen LogP contribution in [0.25, 0.3) is 0 Å². The van der Waals surface area contributed by atoms with Gasteiger partial charge in [0, 0.05) is 12.3 Å². The fourth-order valence-corrected chi connectivity index (χ4v) is 5.08. The van der Waals surface area contributed by atoms with Gasteiger partial charge in [-0.15, -0.1) is 0 Å². The maximum atomic E-state index is 6.35. The molecule has 0 saturated heterocycles. The van der Waals surface area contributed by atoms with Crippen LogP contribution >= 0.6 is 0 Å². The molecule has 37 heavy (non-hydrogen) atoms. The van der Waals surface area contributed by atoms with Crippen molar-refractivity contribution in [2.75, 3.05) is 6.61 Å². The summed E-state index contributed by atoms with van der Waals surface area (Å²) in [7, 11) is 2.07. The minimum atomic E-state index is -0.300. The molecule has 1 aromatic heterocycles. The van der Waals surface area contributed by atoms with Gasteiger partial charge in [-0.1, -0.05) is 103 Å². The van der Waals surface area contributed by atoms with Crippen LogP contribution in [0.4, 0.5) is 0 Å². The Hall–Kier alpha value is -3.82. The lowest BCUT2D eigenvalue weighted by atomic mass is 9.67. The van der Waals surface area contributed by atoms with Crippen LogP contribution in [0.15, 0.2) is 128 Å². The topological polar surface area (TPSA) is 18.0 Å². The van der Waals surface area contributed by atoms with Crippen molar-refractivity contribution in [1.29, 1.82) is 0 Å². The predicted octanol–water partition coefficient (Wildman–Crippen LogP) is 3.48. The Labute approximate surface area is 226 Å². The molecule has 5 rings (SSSR count). The molecule has 0 radical (unpaired) electrons. The van der Waals surface area contributed by atoms with E-state index in [4.69, 9.17) is 4.74 Å². The van der Waals surface area contributed by atoms with Gasteiger partial charge in [0.15, 0.2) is 0 Å². The van der Waals surface area contributed by atoms with Gasteiger partial charge in [-0.3, -0.25) is 0 Å². The minimum absolute atomic E-state index is 0. The number of ether oxygens (including phenoxy) is 1. The molecule has 0 N–H and O–H groups in total. The van der Waals surface area contributed by atoms with E-state index in [0.29, 0.717) is 6.61 Å². The van der Waals surface area contributed by atoms with Crippen LogP contribution in [0.5, 0.6) is 5.75 Å². The van der Waals surface area contributed by atoms with Gasteiger partial charge in [0.25, 0.3) is 5.82 Å². The minimum Gasteiger partial charge on any atom is -1.00 e. The first-order chi connectivity index (χ1) is 17.7. The molecule has 0 aliphatic carbocycles. The molecule has 4 heteroatoms. The summed E-state index contributed by atoms with van der Waals surface area (Å²) < 4.78 is 10.7. The Kier molecular flexibility index (Phi) is 8.47. The van der Waals surface area contributed by atoms with Crippen LogP contribution in [-0.2, 0) is 19.0 Å². The zero-order chi connectivity index (χ0) is 24.8. The predicted molar refractivity (Wildman–Crippen MR) is 145 cm³/mol. The molecule has 0 unspecified atom stereocenters. The quantitative estimate of drug-likeness (QED) is 0.220. The van der Waals surface area contributed by atoms with Crippen molar-refractivity contribution in [3.05, 3.63) is 156 Å². The van der Waals surface area contributed by atoms with E-state index in [9.17, 15) is 0 Å². The van der Waals surface area contributed by atoms with E-state index in [0.717, 1.165) is 18.7 Å².